The first kappa shape index (κ1) is 29.0. The summed E-state index contributed by atoms with van der Waals surface area (Å²) in [5.41, 5.74) is -1.63. The minimum absolute atomic E-state index is 0. The van der Waals surface area contributed by atoms with Gasteiger partial charge in [0.15, 0.2) is 0 Å². The van der Waals surface area contributed by atoms with Crippen LogP contribution in [0.15, 0.2) is 15.8 Å². The average molecular weight is 464 g/mol. The minimum Gasteiger partial charge on any atom is -0.358 e. The second kappa shape index (κ2) is 14.7. The topological polar surface area (TPSA) is 132 Å². The van der Waals surface area contributed by atoms with Crippen LogP contribution in [0, 0.1) is 5.82 Å². The number of nitrogens with zero attached hydrogens (tertiary/aromatic N) is 1. The molecule has 1 unspecified atom stereocenters. The molecular formula is C18H25CuFN2O7. The predicted molar refractivity (Wildman–Crippen MR) is 97.5 cm³/mol. The van der Waals surface area contributed by atoms with Gasteiger partial charge in [0, 0.05) is 23.7 Å². The van der Waals surface area contributed by atoms with Crippen LogP contribution in [-0.2, 0) is 41.0 Å². The minimum atomic E-state index is -0.996. The maximum absolute atomic E-state index is 12.9. The van der Waals surface area contributed by atoms with Crippen molar-refractivity contribution in [3.05, 3.63) is 32.9 Å². The number of hydrogen-bond donors (Lipinski definition) is 1. The van der Waals surface area contributed by atoms with E-state index in [0.717, 1.165) is 17.2 Å². The molecule has 1 saturated heterocycles. The molecule has 1 aliphatic rings. The van der Waals surface area contributed by atoms with Gasteiger partial charge in [0.2, 0.25) is 5.82 Å². The fourth-order valence-corrected chi connectivity index (χ4v) is 2.16. The number of H-pyrrole nitrogens is 1. The standard InChI is InChI=1S/C8H9FN2O3.2C5H8O2.Cu/c9-5-4-11(6-2-1-3-14-6)8(13)10-7(5)12;2*1-4(6)3-5(2)7;/h4,6H,1-3H2,(H,10,12,13);2*3H2,1-2H3;. The Morgan fingerprint density at radius 3 is 1.79 bits per heavy atom. The molecule has 0 aromatic carbocycles. The van der Waals surface area contributed by atoms with Gasteiger partial charge in [0.25, 0.3) is 5.56 Å². The second-order valence-electron chi connectivity index (χ2n) is 6.27. The molecule has 11 heteroatoms. The van der Waals surface area contributed by atoms with Gasteiger partial charge in [-0.2, -0.15) is 4.39 Å². The number of Topliss-reactive ketones (excluding diaryl/α,β-unsaturated/α-hetero) is 4. The summed E-state index contributed by atoms with van der Waals surface area (Å²) in [6, 6.07) is 0. The Morgan fingerprint density at radius 1 is 1.03 bits per heavy atom. The van der Waals surface area contributed by atoms with Gasteiger partial charge in [0.05, 0.1) is 19.0 Å². The van der Waals surface area contributed by atoms with E-state index in [0.29, 0.717) is 13.0 Å². The number of aromatic amines is 1. The normalized spacial score (nSPS) is 14.3. The van der Waals surface area contributed by atoms with Gasteiger partial charge < -0.3 is 4.74 Å². The monoisotopic (exact) mass is 463 g/mol. The van der Waals surface area contributed by atoms with Crippen LogP contribution < -0.4 is 11.2 Å². The van der Waals surface area contributed by atoms with Crippen LogP contribution >= 0.6 is 0 Å². The van der Waals surface area contributed by atoms with Crippen molar-refractivity contribution in [3.8, 4) is 0 Å². The van der Waals surface area contributed by atoms with E-state index < -0.39 is 23.3 Å². The maximum atomic E-state index is 12.9. The molecule has 0 amide bonds. The maximum Gasteiger partial charge on any atom is 0.330 e. The van der Waals surface area contributed by atoms with Crippen LogP contribution in [-0.4, -0.2) is 39.3 Å². The van der Waals surface area contributed by atoms with Crippen molar-refractivity contribution in [1.29, 1.82) is 0 Å². The fourth-order valence-electron chi connectivity index (χ4n) is 2.16. The summed E-state index contributed by atoms with van der Waals surface area (Å²) in [4.78, 5) is 64.0. The van der Waals surface area contributed by atoms with Crippen molar-refractivity contribution in [2.24, 2.45) is 0 Å². The molecule has 0 aliphatic carbocycles. The van der Waals surface area contributed by atoms with Gasteiger partial charge in [-0.25, -0.2) is 4.79 Å². The molecule has 1 aromatic rings. The molecule has 1 aliphatic heterocycles. The number of rotatable bonds is 5. The summed E-state index contributed by atoms with van der Waals surface area (Å²) >= 11 is 0. The van der Waals surface area contributed by atoms with E-state index in [4.69, 9.17) is 4.74 Å². The van der Waals surface area contributed by atoms with E-state index in [1.54, 1.807) is 0 Å². The van der Waals surface area contributed by atoms with Crippen LogP contribution in [0.2, 0.25) is 0 Å². The van der Waals surface area contributed by atoms with E-state index in [1.807, 2.05) is 4.98 Å². The van der Waals surface area contributed by atoms with E-state index in [-0.39, 0.29) is 53.0 Å². The average Bonchev–Trinajstić information content (AvgIpc) is 3.03. The molecule has 0 spiro atoms. The van der Waals surface area contributed by atoms with Crippen molar-refractivity contribution >= 4 is 23.1 Å². The van der Waals surface area contributed by atoms with Gasteiger partial charge in [-0.3, -0.25) is 33.5 Å². The Bertz CT molecular complexity index is 776. The molecule has 2 rings (SSSR count). The number of halogens is 1. The number of ketones is 4. The Morgan fingerprint density at radius 2 is 1.48 bits per heavy atom. The van der Waals surface area contributed by atoms with E-state index in [9.17, 15) is 33.2 Å². The fraction of sp³-hybridized carbons (Fsp3) is 0.556. The molecule has 1 fully saturated rings. The molecule has 29 heavy (non-hydrogen) atoms. The van der Waals surface area contributed by atoms with Crippen LogP contribution in [0.4, 0.5) is 4.39 Å². The van der Waals surface area contributed by atoms with Gasteiger partial charge in [0.1, 0.15) is 29.4 Å². The number of hydrogen-bond acceptors (Lipinski definition) is 7. The SMILES string of the molecule is CC(=O)CC(C)=O.CC(=O)CC(C)=O.O=c1[nH]c(=O)n(C2CCCO2)cc1F.[Cu]. The molecular weight excluding hydrogens is 439 g/mol. The summed E-state index contributed by atoms with van der Waals surface area (Å²) in [7, 11) is 0. The molecule has 0 bridgehead atoms. The van der Waals surface area contributed by atoms with E-state index >= 15 is 0 Å². The van der Waals surface area contributed by atoms with Crippen LogP contribution in [0.5, 0.6) is 0 Å². The smallest absolute Gasteiger partial charge is 0.330 e. The van der Waals surface area contributed by atoms with E-state index in [2.05, 4.69) is 0 Å². The zero-order valence-corrected chi connectivity index (χ0v) is 17.6. The second-order valence-corrected chi connectivity index (χ2v) is 6.27. The van der Waals surface area contributed by atoms with Gasteiger partial charge in [-0.15, -0.1) is 0 Å². The zero-order valence-electron chi connectivity index (χ0n) is 16.7. The van der Waals surface area contributed by atoms with Crippen LogP contribution in [0.25, 0.3) is 0 Å². The Hall–Kier alpha value is -2.23. The number of nitrogens with one attached hydrogen (secondary N) is 1. The molecule has 1 N–H and O–H groups in total. The number of ether oxygens (including phenoxy) is 1. The third kappa shape index (κ3) is 13.6. The zero-order chi connectivity index (χ0) is 21.9. The number of carbonyl (C=O) groups is 4. The summed E-state index contributed by atoms with van der Waals surface area (Å²) in [5, 5.41) is 0. The van der Waals surface area contributed by atoms with Crippen molar-refractivity contribution in [1.82, 2.24) is 9.55 Å². The first-order chi connectivity index (χ1) is 12.9. The molecule has 0 saturated carbocycles. The van der Waals surface area contributed by atoms with Gasteiger partial charge in [-0.1, -0.05) is 0 Å². The first-order valence-corrected chi connectivity index (χ1v) is 8.54. The number of aromatic nitrogens is 2. The van der Waals surface area contributed by atoms with Crippen molar-refractivity contribution in [2.45, 2.75) is 59.6 Å². The Kier molecular flexibility index (Phi) is 14.7. The van der Waals surface area contributed by atoms with Crippen LogP contribution in [0.3, 0.4) is 0 Å². The van der Waals surface area contributed by atoms with Crippen molar-refractivity contribution in [2.75, 3.05) is 6.61 Å². The third-order valence-corrected chi connectivity index (χ3v) is 3.14. The molecule has 167 valence electrons. The molecule has 9 nitrogen and oxygen atoms in total. The Balaban J connectivity index is 0. The molecule has 1 radical (unpaired) electrons. The first-order valence-electron chi connectivity index (χ1n) is 8.54. The number of carbonyl (C=O) groups excluding carboxylic acids is 4. The summed E-state index contributed by atoms with van der Waals surface area (Å²) in [6.07, 6.45) is 2.09. The molecule has 1 aromatic heterocycles. The third-order valence-electron chi connectivity index (χ3n) is 3.14. The molecule has 2 heterocycles. The summed E-state index contributed by atoms with van der Waals surface area (Å²) in [6.45, 7) is 6.17. The largest absolute Gasteiger partial charge is 0.358 e. The predicted octanol–water partition coefficient (Wildman–Crippen LogP) is 1.09. The van der Waals surface area contributed by atoms with Crippen molar-refractivity contribution in [3.63, 3.8) is 0 Å². The summed E-state index contributed by atoms with van der Waals surface area (Å²) in [5.74, 6) is -1.22. The quantitative estimate of drug-likeness (QED) is 0.510. The van der Waals surface area contributed by atoms with Gasteiger partial charge >= 0.3 is 5.69 Å². The van der Waals surface area contributed by atoms with Crippen molar-refractivity contribution < 1.29 is 45.4 Å². The molecule has 1 atom stereocenters. The Labute approximate surface area is 177 Å². The summed E-state index contributed by atoms with van der Waals surface area (Å²) < 4.78 is 19.1. The van der Waals surface area contributed by atoms with Crippen LogP contribution in [0.1, 0.15) is 59.6 Å². The van der Waals surface area contributed by atoms with E-state index in [1.165, 1.54) is 27.7 Å². The van der Waals surface area contributed by atoms with Gasteiger partial charge in [-0.05, 0) is 40.5 Å².